The molecule has 27 heavy (non-hydrogen) atoms. The summed E-state index contributed by atoms with van der Waals surface area (Å²) in [6.45, 7) is 0. The van der Waals surface area contributed by atoms with Crippen molar-refractivity contribution in [2.75, 3.05) is 5.32 Å². The van der Waals surface area contributed by atoms with Crippen molar-refractivity contribution < 1.29 is 10.0 Å². The van der Waals surface area contributed by atoms with Crippen LogP contribution in [0.4, 0.5) is 11.4 Å². The van der Waals surface area contributed by atoms with Crippen molar-refractivity contribution in [1.82, 2.24) is 9.97 Å². The van der Waals surface area contributed by atoms with Crippen LogP contribution in [-0.4, -0.2) is 20.0 Å². The zero-order valence-corrected chi connectivity index (χ0v) is 14.0. The van der Waals surface area contributed by atoms with E-state index in [4.69, 9.17) is 0 Å². The Labute approximate surface area is 153 Å². The molecule has 1 atom stereocenters. The Kier molecular flexibility index (Phi) is 3.17. The lowest BCUT2D eigenvalue weighted by molar-refractivity contribution is -0.385. The van der Waals surface area contributed by atoms with E-state index in [9.17, 15) is 15.2 Å². The molecule has 132 valence electrons. The number of nitro groups is 1. The fourth-order valence-corrected chi connectivity index (χ4v) is 3.79. The van der Waals surface area contributed by atoms with Crippen molar-refractivity contribution in [2.24, 2.45) is 0 Å². The quantitative estimate of drug-likeness (QED) is 0.365. The van der Waals surface area contributed by atoms with Crippen LogP contribution in [0.3, 0.4) is 0 Å². The summed E-state index contributed by atoms with van der Waals surface area (Å²) in [6.07, 6.45) is 3.58. The number of nitro benzene ring substituents is 1. The number of anilines is 1. The lowest BCUT2D eigenvalue weighted by Gasteiger charge is -2.19. The minimum absolute atomic E-state index is 0.133. The second kappa shape index (κ2) is 5.57. The molecular weight excluding hydrogens is 344 g/mol. The van der Waals surface area contributed by atoms with Crippen LogP contribution in [0.15, 0.2) is 60.9 Å². The highest BCUT2D eigenvalue weighted by atomic mass is 16.6. The van der Waals surface area contributed by atoms with Gasteiger partial charge < -0.3 is 15.4 Å². The Hall–Kier alpha value is -3.87. The summed E-state index contributed by atoms with van der Waals surface area (Å²) in [4.78, 5) is 18.7. The SMILES string of the molecule is O=[N+]([O-])c1cc(O)ccc1[C@@H]1Nc2ccccc2-c2ccnc3[nH]cc1c23. The number of aromatic nitrogens is 2. The van der Waals surface area contributed by atoms with Crippen molar-refractivity contribution in [3.8, 4) is 16.9 Å². The van der Waals surface area contributed by atoms with Gasteiger partial charge in [-0.2, -0.15) is 0 Å². The lowest BCUT2D eigenvalue weighted by atomic mass is 9.96. The van der Waals surface area contributed by atoms with E-state index in [1.165, 1.54) is 12.1 Å². The number of nitrogens with one attached hydrogen (secondary N) is 2. The number of H-pyrrole nitrogens is 1. The largest absolute Gasteiger partial charge is 0.508 e. The van der Waals surface area contributed by atoms with Gasteiger partial charge in [-0.25, -0.2) is 4.98 Å². The number of aromatic amines is 1. The third-order valence-electron chi connectivity index (χ3n) is 4.95. The van der Waals surface area contributed by atoms with Gasteiger partial charge in [0.2, 0.25) is 0 Å². The fraction of sp³-hybridized carbons (Fsp3) is 0.0500. The minimum Gasteiger partial charge on any atom is -0.508 e. The first-order valence-electron chi connectivity index (χ1n) is 8.42. The molecule has 1 aliphatic heterocycles. The molecule has 1 aliphatic rings. The summed E-state index contributed by atoms with van der Waals surface area (Å²) in [6, 6.07) is 13.6. The van der Waals surface area contributed by atoms with Gasteiger partial charge in [0.15, 0.2) is 0 Å². The molecule has 0 aliphatic carbocycles. The van der Waals surface area contributed by atoms with Gasteiger partial charge in [-0.1, -0.05) is 18.2 Å². The smallest absolute Gasteiger partial charge is 0.278 e. The molecule has 3 N–H and O–H groups in total. The zero-order chi connectivity index (χ0) is 18.5. The first-order valence-corrected chi connectivity index (χ1v) is 8.42. The molecule has 0 amide bonds. The van der Waals surface area contributed by atoms with Crippen LogP contribution in [-0.2, 0) is 0 Å². The third kappa shape index (κ3) is 2.25. The third-order valence-corrected chi connectivity index (χ3v) is 4.95. The molecule has 0 saturated heterocycles. The number of rotatable bonds is 2. The lowest BCUT2D eigenvalue weighted by Crippen LogP contribution is -2.13. The summed E-state index contributed by atoms with van der Waals surface area (Å²) in [7, 11) is 0. The number of para-hydroxylation sites is 1. The van der Waals surface area contributed by atoms with E-state index < -0.39 is 11.0 Å². The molecule has 7 heteroatoms. The van der Waals surface area contributed by atoms with Crippen molar-refractivity contribution >= 4 is 22.4 Å². The molecule has 0 bridgehead atoms. The summed E-state index contributed by atoms with van der Waals surface area (Å²) in [5.74, 6) is -0.138. The topological polar surface area (TPSA) is 104 Å². The second-order valence-corrected chi connectivity index (χ2v) is 6.45. The van der Waals surface area contributed by atoms with Gasteiger partial charge in [-0.15, -0.1) is 0 Å². The molecule has 5 rings (SSSR count). The van der Waals surface area contributed by atoms with Crippen LogP contribution in [0.1, 0.15) is 17.2 Å². The number of pyridine rings is 1. The molecule has 0 saturated carbocycles. The first kappa shape index (κ1) is 15.4. The predicted molar refractivity (Wildman–Crippen MR) is 102 cm³/mol. The van der Waals surface area contributed by atoms with E-state index in [1.54, 1.807) is 12.3 Å². The van der Waals surface area contributed by atoms with E-state index >= 15 is 0 Å². The minimum atomic E-state index is -0.471. The molecule has 4 aromatic rings. The van der Waals surface area contributed by atoms with E-state index in [1.807, 2.05) is 36.5 Å². The maximum Gasteiger partial charge on any atom is 0.278 e. The Morgan fingerprint density at radius 3 is 2.78 bits per heavy atom. The van der Waals surface area contributed by atoms with Crippen LogP contribution in [0, 0.1) is 10.1 Å². The Morgan fingerprint density at radius 2 is 1.93 bits per heavy atom. The van der Waals surface area contributed by atoms with Crippen molar-refractivity contribution in [3.05, 3.63) is 82.2 Å². The summed E-state index contributed by atoms with van der Waals surface area (Å²) in [5.41, 5.74) is 4.86. The summed E-state index contributed by atoms with van der Waals surface area (Å²) >= 11 is 0. The fourth-order valence-electron chi connectivity index (χ4n) is 3.79. The number of fused-ring (bicyclic) bond motifs is 2. The molecule has 0 radical (unpaired) electrons. The molecule has 0 spiro atoms. The van der Waals surface area contributed by atoms with Crippen LogP contribution in [0.2, 0.25) is 0 Å². The first-order chi connectivity index (χ1) is 13.1. The molecule has 2 aromatic heterocycles. The average Bonchev–Trinajstić information content (AvgIpc) is 3.04. The predicted octanol–water partition coefficient (Wildman–Crippen LogP) is 4.36. The number of hydrogen-bond donors (Lipinski definition) is 3. The highest BCUT2D eigenvalue weighted by Crippen LogP contribution is 2.45. The standard InChI is InChI=1S/C20H14N4O3/c25-11-5-6-14(17(9-11)24(26)27)19-15-10-22-20-18(15)13(7-8-21-20)12-3-1-2-4-16(12)23-19/h1-10,19,23,25H,(H,21,22)/t19-/m0/s1. The normalized spacial score (nSPS) is 15.0. The van der Waals surface area contributed by atoms with E-state index in [2.05, 4.69) is 15.3 Å². The van der Waals surface area contributed by atoms with Crippen LogP contribution in [0.25, 0.3) is 22.2 Å². The highest BCUT2D eigenvalue weighted by Gasteiger charge is 2.30. The van der Waals surface area contributed by atoms with E-state index in [0.717, 1.165) is 33.4 Å². The molecule has 7 nitrogen and oxygen atoms in total. The van der Waals surface area contributed by atoms with Gasteiger partial charge in [0, 0.05) is 34.6 Å². The number of benzene rings is 2. The van der Waals surface area contributed by atoms with Crippen LogP contribution >= 0.6 is 0 Å². The molecule has 3 heterocycles. The highest BCUT2D eigenvalue weighted by molar-refractivity contribution is 6.01. The molecule has 0 fully saturated rings. The average molecular weight is 358 g/mol. The van der Waals surface area contributed by atoms with Gasteiger partial charge in [-0.3, -0.25) is 10.1 Å². The van der Waals surface area contributed by atoms with E-state index in [0.29, 0.717) is 5.56 Å². The molecule has 0 unspecified atom stereocenters. The van der Waals surface area contributed by atoms with Crippen LogP contribution < -0.4 is 5.32 Å². The number of nitrogens with zero attached hydrogens (tertiary/aromatic N) is 2. The number of phenols is 1. The maximum absolute atomic E-state index is 11.6. The monoisotopic (exact) mass is 358 g/mol. The number of phenolic OH excluding ortho intramolecular Hbond substituents is 1. The van der Waals surface area contributed by atoms with Gasteiger partial charge in [0.1, 0.15) is 11.4 Å². The molecule has 2 aromatic carbocycles. The number of aromatic hydroxyl groups is 1. The van der Waals surface area contributed by atoms with Crippen LogP contribution in [0.5, 0.6) is 5.75 Å². The van der Waals surface area contributed by atoms with Gasteiger partial charge in [0.25, 0.3) is 5.69 Å². The van der Waals surface area contributed by atoms with E-state index in [-0.39, 0.29) is 11.4 Å². The van der Waals surface area contributed by atoms with Gasteiger partial charge in [0.05, 0.1) is 22.6 Å². The summed E-state index contributed by atoms with van der Waals surface area (Å²) in [5, 5.41) is 25.7. The zero-order valence-electron chi connectivity index (χ0n) is 14.0. The van der Waals surface area contributed by atoms with Crippen molar-refractivity contribution in [3.63, 3.8) is 0 Å². The van der Waals surface area contributed by atoms with Gasteiger partial charge in [-0.05, 0) is 29.8 Å². The number of hydrogen-bond acceptors (Lipinski definition) is 5. The second-order valence-electron chi connectivity index (χ2n) is 6.45. The molecular formula is C20H14N4O3. The van der Waals surface area contributed by atoms with Crippen molar-refractivity contribution in [1.29, 1.82) is 0 Å². The Bertz CT molecular complexity index is 1220. The summed E-state index contributed by atoms with van der Waals surface area (Å²) < 4.78 is 0. The van der Waals surface area contributed by atoms with Gasteiger partial charge >= 0.3 is 0 Å². The maximum atomic E-state index is 11.6. The Morgan fingerprint density at radius 1 is 1.07 bits per heavy atom. The Balaban J connectivity index is 1.84. The van der Waals surface area contributed by atoms with Crippen molar-refractivity contribution in [2.45, 2.75) is 6.04 Å².